The molecule has 3 aliphatic heterocycles. The molecule has 0 aromatic heterocycles. The predicted octanol–water partition coefficient (Wildman–Crippen LogP) is -1.13. The van der Waals surface area contributed by atoms with E-state index < -0.39 is 9.84 Å². The summed E-state index contributed by atoms with van der Waals surface area (Å²) in [5, 5.41) is 0. The lowest BCUT2D eigenvalue weighted by molar-refractivity contribution is -0.140. The molecule has 148 valence electrons. The van der Waals surface area contributed by atoms with Crippen LogP contribution in [0.3, 0.4) is 0 Å². The zero-order valence-electron chi connectivity index (χ0n) is 15.8. The number of carbonyl (C=O) groups excluding carboxylic acids is 2. The third-order valence-electron chi connectivity index (χ3n) is 5.61. The van der Waals surface area contributed by atoms with E-state index >= 15 is 0 Å². The number of fused-ring (bicyclic) bond motifs is 1. The van der Waals surface area contributed by atoms with Crippen LogP contribution in [0.2, 0.25) is 0 Å². The van der Waals surface area contributed by atoms with Crippen molar-refractivity contribution in [3.05, 3.63) is 0 Å². The van der Waals surface area contributed by atoms with E-state index in [9.17, 15) is 18.0 Å². The van der Waals surface area contributed by atoms with E-state index in [2.05, 4.69) is 0 Å². The Morgan fingerprint density at radius 1 is 0.923 bits per heavy atom. The molecule has 2 atom stereocenters. The SMILES string of the molecule is CN(C)CC(=O)N1CCN(CC(=O)N2CCCCC2)[C@@H]2CS(=O)(=O)C[C@@H]21. The lowest BCUT2D eigenvalue weighted by Crippen LogP contribution is -2.63. The molecule has 0 bridgehead atoms. The van der Waals surface area contributed by atoms with Gasteiger partial charge in [0.15, 0.2) is 9.84 Å². The van der Waals surface area contributed by atoms with Crippen molar-refractivity contribution < 1.29 is 18.0 Å². The van der Waals surface area contributed by atoms with Gasteiger partial charge in [0, 0.05) is 32.2 Å². The third kappa shape index (κ3) is 4.37. The number of likely N-dealkylation sites (tertiary alicyclic amines) is 1. The fourth-order valence-corrected chi connectivity index (χ4v) is 6.32. The first-order valence-electron chi connectivity index (χ1n) is 9.43. The van der Waals surface area contributed by atoms with Gasteiger partial charge in [0.05, 0.1) is 30.6 Å². The molecule has 3 fully saturated rings. The van der Waals surface area contributed by atoms with Gasteiger partial charge in [-0.3, -0.25) is 14.5 Å². The van der Waals surface area contributed by atoms with E-state index in [1.54, 1.807) is 9.80 Å². The molecule has 0 N–H and O–H groups in total. The first-order valence-corrected chi connectivity index (χ1v) is 11.3. The second kappa shape index (κ2) is 7.82. The Hall–Kier alpha value is -1.19. The van der Waals surface area contributed by atoms with Crippen LogP contribution in [0.15, 0.2) is 0 Å². The second-order valence-electron chi connectivity index (χ2n) is 7.95. The minimum atomic E-state index is -3.19. The second-order valence-corrected chi connectivity index (χ2v) is 10.1. The number of piperidine rings is 1. The monoisotopic (exact) mass is 386 g/mol. The number of amides is 2. The summed E-state index contributed by atoms with van der Waals surface area (Å²) >= 11 is 0. The molecule has 0 radical (unpaired) electrons. The van der Waals surface area contributed by atoms with Crippen molar-refractivity contribution in [3.8, 4) is 0 Å². The van der Waals surface area contributed by atoms with Gasteiger partial charge in [0.1, 0.15) is 0 Å². The van der Waals surface area contributed by atoms with E-state index in [-0.39, 0.29) is 48.5 Å². The minimum Gasteiger partial charge on any atom is -0.342 e. The summed E-state index contributed by atoms with van der Waals surface area (Å²) in [5.41, 5.74) is 0. The van der Waals surface area contributed by atoms with Crippen LogP contribution < -0.4 is 0 Å². The number of hydrogen-bond donors (Lipinski definition) is 0. The van der Waals surface area contributed by atoms with E-state index in [1.165, 1.54) is 6.42 Å². The summed E-state index contributed by atoms with van der Waals surface area (Å²) in [6, 6.07) is -0.607. The van der Waals surface area contributed by atoms with Gasteiger partial charge in [-0.2, -0.15) is 0 Å². The van der Waals surface area contributed by atoms with Crippen LogP contribution in [0.4, 0.5) is 0 Å². The van der Waals surface area contributed by atoms with Crippen LogP contribution in [0.5, 0.6) is 0 Å². The van der Waals surface area contributed by atoms with Crippen LogP contribution in [0.25, 0.3) is 0 Å². The lowest BCUT2D eigenvalue weighted by Gasteiger charge is -2.44. The quantitative estimate of drug-likeness (QED) is 0.608. The van der Waals surface area contributed by atoms with E-state index in [4.69, 9.17) is 0 Å². The summed E-state index contributed by atoms with van der Waals surface area (Å²) in [5.74, 6) is 0.0898. The van der Waals surface area contributed by atoms with Crippen LogP contribution >= 0.6 is 0 Å². The number of carbonyl (C=O) groups is 2. The summed E-state index contributed by atoms with van der Waals surface area (Å²) in [7, 11) is 0.464. The molecule has 3 heterocycles. The molecule has 0 spiro atoms. The van der Waals surface area contributed by atoms with Gasteiger partial charge in [-0.1, -0.05) is 0 Å². The largest absolute Gasteiger partial charge is 0.342 e. The van der Waals surface area contributed by atoms with Crippen molar-refractivity contribution in [3.63, 3.8) is 0 Å². The Balaban J connectivity index is 1.70. The summed E-state index contributed by atoms with van der Waals surface area (Å²) in [4.78, 5) is 32.6. The number of piperazine rings is 1. The molecule has 0 aromatic carbocycles. The highest BCUT2D eigenvalue weighted by Crippen LogP contribution is 2.27. The highest BCUT2D eigenvalue weighted by Gasteiger charge is 2.48. The van der Waals surface area contributed by atoms with Crippen molar-refractivity contribution in [2.45, 2.75) is 31.3 Å². The Labute approximate surface area is 156 Å². The molecule has 3 rings (SSSR count). The van der Waals surface area contributed by atoms with Gasteiger partial charge >= 0.3 is 0 Å². The summed E-state index contributed by atoms with van der Waals surface area (Å²) < 4.78 is 24.5. The Kier molecular flexibility index (Phi) is 5.88. The van der Waals surface area contributed by atoms with E-state index in [0.717, 1.165) is 25.9 Å². The molecule has 0 unspecified atom stereocenters. The average molecular weight is 387 g/mol. The molecule has 2 amide bonds. The van der Waals surface area contributed by atoms with Crippen molar-refractivity contribution in [1.29, 1.82) is 0 Å². The van der Waals surface area contributed by atoms with Crippen LogP contribution in [-0.4, -0.2) is 117 Å². The number of rotatable bonds is 4. The van der Waals surface area contributed by atoms with Gasteiger partial charge < -0.3 is 14.7 Å². The maximum absolute atomic E-state index is 12.6. The van der Waals surface area contributed by atoms with Crippen molar-refractivity contribution in [2.75, 3.05) is 64.9 Å². The van der Waals surface area contributed by atoms with Crippen molar-refractivity contribution in [1.82, 2.24) is 19.6 Å². The Morgan fingerprint density at radius 3 is 2.23 bits per heavy atom. The molecule has 0 aliphatic carbocycles. The number of hydrogen-bond acceptors (Lipinski definition) is 6. The zero-order chi connectivity index (χ0) is 18.9. The van der Waals surface area contributed by atoms with E-state index in [1.807, 2.05) is 23.9 Å². The fourth-order valence-electron chi connectivity index (χ4n) is 4.31. The van der Waals surface area contributed by atoms with Crippen LogP contribution in [0.1, 0.15) is 19.3 Å². The lowest BCUT2D eigenvalue weighted by atomic mass is 10.0. The molecule has 9 heteroatoms. The first kappa shape index (κ1) is 19.6. The number of likely N-dealkylation sites (N-methyl/N-ethyl adjacent to an activating group) is 1. The molecule has 0 saturated carbocycles. The molecule has 26 heavy (non-hydrogen) atoms. The van der Waals surface area contributed by atoms with Crippen LogP contribution in [0, 0.1) is 0 Å². The fraction of sp³-hybridized carbons (Fsp3) is 0.882. The molecule has 3 aliphatic rings. The van der Waals surface area contributed by atoms with Gasteiger partial charge in [-0.05, 0) is 33.4 Å². The smallest absolute Gasteiger partial charge is 0.237 e. The standard InChI is InChI=1S/C17H30N4O4S/c1-18(2)10-17(23)21-9-8-20(14-12-26(24,25)13-15(14)21)11-16(22)19-6-4-3-5-7-19/h14-15H,3-13H2,1-2H3/t14-,15+/m1/s1. The number of sulfone groups is 1. The Bertz CT molecular complexity index is 645. The average Bonchev–Trinajstić information content (AvgIpc) is 2.90. The molecule has 0 aromatic rings. The zero-order valence-corrected chi connectivity index (χ0v) is 16.6. The van der Waals surface area contributed by atoms with Crippen molar-refractivity contribution in [2.24, 2.45) is 0 Å². The minimum absolute atomic E-state index is 0.00520. The maximum Gasteiger partial charge on any atom is 0.237 e. The maximum atomic E-state index is 12.6. The molecular formula is C17H30N4O4S. The van der Waals surface area contributed by atoms with Gasteiger partial charge in [-0.15, -0.1) is 0 Å². The highest BCUT2D eigenvalue weighted by molar-refractivity contribution is 7.91. The number of nitrogens with zero attached hydrogens (tertiary/aromatic N) is 4. The van der Waals surface area contributed by atoms with Gasteiger partial charge in [0.25, 0.3) is 0 Å². The first-order chi connectivity index (χ1) is 12.3. The van der Waals surface area contributed by atoms with E-state index in [0.29, 0.717) is 13.1 Å². The summed E-state index contributed by atoms with van der Waals surface area (Å²) in [6.07, 6.45) is 3.25. The molecular weight excluding hydrogens is 356 g/mol. The van der Waals surface area contributed by atoms with Crippen LogP contribution in [-0.2, 0) is 19.4 Å². The van der Waals surface area contributed by atoms with Gasteiger partial charge in [0.2, 0.25) is 11.8 Å². The molecule has 3 saturated heterocycles. The molecule has 8 nitrogen and oxygen atoms in total. The highest BCUT2D eigenvalue weighted by atomic mass is 32.2. The summed E-state index contributed by atoms with van der Waals surface area (Å²) in [6.45, 7) is 3.16. The topological polar surface area (TPSA) is 81.2 Å². The third-order valence-corrected chi connectivity index (χ3v) is 7.31. The van der Waals surface area contributed by atoms with Gasteiger partial charge in [-0.25, -0.2) is 8.42 Å². The Morgan fingerprint density at radius 2 is 1.58 bits per heavy atom. The normalized spacial score (nSPS) is 29.0. The predicted molar refractivity (Wildman–Crippen MR) is 98.5 cm³/mol. The van der Waals surface area contributed by atoms with Crippen molar-refractivity contribution >= 4 is 21.7 Å².